The number of carbonyl (C=O) groups excluding carboxylic acids is 1. The van der Waals surface area contributed by atoms with E-state index in [-0.39, 0.29) is 24.3 Å². The monoisotopic (exact) mass is 504 g/mol. The number of aromatic hydroxyl groups is 1. The first-order valence-corrected chi connectivity index (χ1v) is 13.5. The van der Waals surface area contributed by atoms with Gasteiger partial charge in [0.25, 0.3) is 5.91 Å². The number of amides is 1. The van der Waals surface area contributed by atoms with Crippen molar-refractivity contribution < 1.29 is 15.0 Å². The third-order valence-electron chi connectivity index (χ3n) is 7.25. The molecule has 0 saturated heterocycles. The Morgan fingerprint density at radius 3 is 2.43 bits per heavy atom. The molecule has 7 nitrogen and oxygen atoms in total. The van der Waals surface area contributed by atoms with Crippen molar-refractivity contribution in [3.05, 3.63) is 76.6 Å². The minimum atomic E-state index is -0.322. The summed E-state index contributed by atoms with van der Waals surface area (Å²) in [5.74, 6) is -0.191. The summed E-state index contributed by atoms with van der Waals surface area (Å²) in [4.78, 5) is 18.1. The van der Waals surface area contributed by atoms with Gasteiger partial charge >= 0.3 is 0 Å². The fraction of sp³-hybridized carbons (Fsp3) is 0.467. The Kier molecular flexibility index (Phi) is 9.00. The Hall–Kier alpha value is -3.16. The number of aromatic nitrogens is 2. The maximum absolute atomic E-state index is 13.9. The Labute approximate surface area is 220 Å². The molecule has 2 aromatic carbocycles. The number of benzene rings is 2. The molecule has 2 heterocycles. The number of hydrogen-bond acceptors (Lipinski definition) is 5. The van der Waals surface area contributed by atoms with Gasteiger partial charge in [-0.3, -0.25) is 9.69 Å². The number of unbranched alkanes of at least 4 members (excludes halogenated alkanes) is 2. The molecule has 37 heavy (non-hydrogen) atoms. The van der Waals surface area contributed by atoms with E-state index in [1.54, 1.807) is 17.0 Å². The molecule has 0 spiro atoms. The molecule has 1 aliphatic rings. The number of nitrogens with zero attached hydrogens (tertiary/aromatic N) is 4. The van der Waals surface area contributed by atoms with Crippen LogP contribution in [-0.4, -0.2) is 61.4 Å². The summed E-state index contributed by atoms with van der Waals surface area (Å²) in [5, 5.41) is 25.3. The molecule has 4 rings (SSSR count). The van der Waals surface area contributed by atoms with Gasteiger partial charge in [0.05, 0.1) is 29.6 Å². The molecular formula is C30H40N4O3. The second-order valence-corrected chi connectivity index (χ2v) is 10.1. The molecule has 1 amide bonds. The van der Waals surface area contributed by atoms with E-state index in [2.05, 4.69) is 30.9 Å². The summed E-state index contributed by atoms with van der Waals surface area (Å²) in [5.41, 5.74) is 5.16. The highest BCUT2D eigenvalue weighted by molar-refractivity contribution is 5.98. The molecule has 0 fully saturated rings. The summed E-state index contributed by atoms with van der Waals surface area (Å²) in [6.07, 6.45) is 5.23. The van der Waals surface area contributed by atoms with Gasteiger partial charge in [-0.2, -0.15) is 5.10 Å². The molecule has 0 bridgehead atoms. The minimum absolute atomic E-state index is 0.0281. The Morgan fingerprint density at radius 2 is 1.76 bits per heavy atom. The minimum Gasteiger partial charge on any atom is -0.508 e. The number of aliphatic hydroxyl groups is 1. The number of fused-ring (bicyclic) bond motifs is 1. The van der Waals surface area contributed by atoms with Crippen molar-refractivity contribution in [1.82, 2.24) is 19.6 Å². The van der Waals surface area contributed by atoms with Crippen LogP contribution in [-0.2, 0) is 19.5 Å². The molecular weight excluding hydrogens is 464 g/mol. The molecule has 0 radical (unpaired) electrons. The second kappa shape index (κ2) is 12.4. The van der Waals surface area contributed by atoms with Gasteiger partial charge in [-0.05, 0) is 74.7 Å². The van der Waals surface area contributed by atoms with Crippen LogP contribution in [0.4, 0.5) is 0 Å². The van der Waals surface area contributed by atoms with Gasteiger partial charge in [-0.1, -0.05) is 51.0 Å². The van der Waals surface area contributed by atoms with Crippen molar-refractivity contribution in [3.63, 3.8) is 0 Å². The molecule has 2 N–H and O–H groups in total. The van der Waals surface area contributed by atoms with Gasteiger partial charge in [0.2, 0.25) is 0 Å². The normalized spacial score (nSPS) is 15.3. The SMILES string of the molecule is CCCCN(CCCC)Cc1cc(C)n(-c2ccc(O)cc2C(=O)N2Cc3ccccc3CC2CO)n1. The number of carbonyl (C=O) groups is 1. The number of aliphatic hydroxyl groups excluding tert-OH is 1. The standard InChI is InChI=1S/C30H40N4O3/c1-4-6-14-32(15-7-5-2)20-25-16-22(3)34(31-25)29-13-12-27(36)18-28(29)30(37)33-19-24-11-9-8-10-23(24)17-26(33)21-35/h8-13,16,18,26,35-36H,4-7,14-15,17,19-21H2,1-3H3. The van der Waals surface area contributed by atoms with Crippen molar-refractivity contribution in [2.75, 3.05) is 19.7 Å². The van der Waals surface area contributed by atoms with Crippen molar-refractivity contribution in [3.8, 4) is 11.4 Å². The lowest BCUT2D eigenvalue weighted by Gasteiger charge is -2.36. The number of aryl methyl sites for hydroxylation is 1. The topological polar surface area (TPSA) is 81.8 Å². The molecule has 198 valence electrons. The van der Waals surface area contributed by atoms with Gasteiger partial charge in [0, 0.05) is 18.8 Å². The summed E-state index contributed by atoms with van der Waals surface area (Å²) < 4.78 is 1.81. The van der Waals surface area contributed by atoms with E-state index in [1.165, 1.54) is 6.07 Å². The van der Waals surface area contributed by atoms with Crippen LogP contribution in [0, 0.1) is 6.92 Å². The quantitative estimate of drug-likeness (QED) is 0.390. The molecule has 1 unspecified atom stereocenters. The Balaban J connectivity index is 1.64. The fourth-order valence-electron chi connectivity index (χ4n) is 5.15. The van der Waals surface area contributed by atoms with E-state index >= 15 is 0 Å². The van der Waals surface area contributed by atoms with Crippen molar-refractivity contribution in [1.29, 1.82) is 0 Å². The fourth-order valence-corrected chi connectivity index (χ4v) is 5.15. The smallest absolute Gasteiger partial charge is 0.256 e. The van der Waals surface area contributed by atoms with E-state index in [0.717, 1.165) is 67.8 Å². The van der Waals surface area contributed by atoms with E-state index < -0.39 is 0 Å². The highest BCUT2D eigenvalue weighted by Gasteiger charge is 2.31. The van der Waals surface area contributed by atoms with Gasteiger partial charge in [0.1, 0.15) is 5.75 Å². The number of phenols is 1. The van der Waals surface area contributed by atoms with Crippen LogP contribution in [0.1, 0.15) is 72.4 Å². The summed E-state index contributed by atoms with van der Waals surface area (Å²) >= 11 is 0. The van der Waals surface area contributed by atoms with Crippen LogP contribution in [0.2, 0.25) is 0 Å². The van der Waals surface area contributed by atoms with E-state index in [1.807, 2.05) is 29.8 Å². The molecule has 0 saturated carbocycles. The first-order chi connectivity index (χ1) is 17.9. The molecule has 1 aliphatic heterocycles. The largest absolute Gasteiger partial charge is 0.508 e. The predicted octanol–water partition coefficient (Wildman–Crippen LogP) is 4.85. The summed E-state index contributed by atoms with van der Waals surface area (Å²) in [6, 6.07) is 14.7. The van der Waals surface area contributed by atoms with E-state index in [9.17, 15) is 15.0 Å². The van der Waals surface area contributed by atoms with E-state index in [0.29, 0.717) is 24.2 Å². The van der Waals surface area contributed by atoms with Gasteiger partial charge < -0.3 is 15.1 Å². The average molecular weight is 505 g/mol. The van der Waals surface area contributed by atoms with Crippen LogP contribution in [0.5, 0.6) is 5.75 Å². The third-order valence-corrected chi connectivity index (χ3v) is 7.25. The van der Waals surface area contributed by atoms with Crippen molar-refractivity contribution in [2.24, 2.45) is 0 Å². The predicted molar refractivity (Wildman–Crippen MR) is 146 cm³/mol. The first kappa shape index (κ1) is 26.9. The Morgan fingerprint density at radius 1 is 1.05 bits per heavy atom. The number of phenolic OH excluding ortho intramolecular Hbond substituents is 1. The first-order valence-electron chi connectivity index (χ1n) is 13.5. The zero-order valence-corrected chi connectivity index (χ0v) is 22.4. The molecule has 7 heteroatoms. The maximum Gasteiger partial charge on any atom is 0.256 e. The molecule has 0 aliphatic carbocycles. The van der Waals surface area contributed by atoms with Crippen LogP contribution < -0.4 is 0 Å². The van der Waals surface area contributed by atoms with Crippen molar-refractivity contribution >= 4 is 5.91 Å². The van der Waals surface area contributed by atoms with E-state index in [4.69, 9.17) is 5.10 Å². The second-order valence-electron chi connectivity index (χ2n) is 10.1. The van der Waals surface area contributed by atoms with Crippen molar-refractivity contribution in [2.45, 2.75) is 72.0 Å². The van der Waals surface area contributed by atoms with Crippen LogP contribution in [0.15, 0.2) is 48.5 Å². The van der Waals surface area contributed by atoms with Crippen LogP contribution in [0.25, 0.3) is 5.69 Å². The highest BCUT2D eigenvalue weighted by Crippen LogP contribution is 2.29. The average Bonchev–Trinajstić information content (AvgIpc) is 3.28. The Bertz CT molecular complexity index is 1200. The van der Waals surface area contributed by atoms with Crippen LogP contribution >= 0.6 is 0 Å². The molecule has 1 atom stereocenters. The zero-order chi connectivity index (χ0) is 26.4. The van der Waals surface area contributed by atoms with Crippen LogP contribution in [0.3, 0.4) is 0 Å². The maximum atomic E-state index is 13.9. The lowest BCUT2D eigenvalue weighted by atomic mass is 9.93. The lowest BCUT2D eigenvalue weighted by molar-refractivity contribution is 0.0543. The highest BCUT2D eigenvalue weighted by atomic mass is 16.3. The third kappa shape index (κ3) is 6.22. The van der Waals surface area contributed by atoms with Gasteiger partial charge in [-0.15, -0.1) is 0 Å². The van der Waals surface area contributed by atoms with Gasteiger partial charge in [-0.25, -0.2) is 4.68 Å². The lowest BCUT2D eigenvalue weighted by Crippen LogP contribution is -2.46. The number of rotatable bonds is 11. The zero-order valence-electron chi connectivity index (χ0n) is 22.4. The molecule has 1 aromatic heterocycles. The van der Waals surface area contributed by atoms with Gasteiger partial charge in [0.15, 0.2) is 0 Å². The number of hydrogen-bond donors (Lipinski definition) is 2. The summed E-state index contributed by atoms with van der Waals surface area (Å²) in [7, 11) is 0. The summed E-state index contributed by atoms with van der Waals surface area (Å²) in [6.45, 7) is 9.57. The molecule has 3 aromatic rings.